The highest BCUT2D eigenvalue weighted by atomic mass is 16.5. The number of hydrogen-bond donors (Lipinski definition) is 1. The number of ether oxygens (including phenoxy) is 1. The fourth-order valence-electron chi connectivity index (χ4n) is 4.54. The molecule has 2 aliphatic heterocycles. The van der Waals surface area contributed by atoms with Crippen molar-refractivity contribution in [2.75, 3.05) is 13.2 Å². The molecule has 2 aliphatic rings. The van der Waals surface area contributed by atoms with Crippen LogP contribution < -0.4 is 5.32 Å². The van der Waals surface area contributed by atoms with Gasteiger partial charge in [-0.2, -0.15) is 0 Å². The Morgan fingerprint density at radius 3 is 2.76 bits per heavy atom. The molecule has 3 aromatic rings. The lowest BCUT2D eigenvalue weighted by Crippen LogP contribution is -2.53. The summed E-state index contributed by atoms with van der Waals surface area (Å²) < 4.78 is 6.95. The van der Waals surface area contributed by atoms with Crippen LogP contribution in [0.5, 0.6) is 0 Å². The highest BCUT2D eigenvalue weighted by Gasteiger charge is 2.48. The van der Waals surface area contributed by atoms with Crippen molar-refractivity contribution in [2.45, 2.75) is 31.0 Å². The Morgan fingerprint density at radius 2 is 1.97 bits per heavy atom. The van der Waals surface area contributed by atoms with Crippen molar-refractivity contribution in [1.29, 1.82) is 0 Å². The van der Waals surface area contributed by atoms with Crippen molar-refractivity contribution >= 4 is 17.7 Å². The highest BCUT2D eigenvalue weighted by Crippen LogP contribution is 2.28. The summed E-state index contributed by atoms with van der Waals surface area (Å²) in [4.78, 5) is 44.6. The summed E-state index contributed by atoms with van der Waals surface area (Å²) in [6.45, 7) is 0.464. The Kier molecular flexibility index (Phi) is 5.75. The van der Waals surface area contributed by atoms with E-state index in [9.17, 15) is 14.4 Å². The largest absolute Gasteiger partial charge is 0.368 e. The molecule has 8 nitrogen and oxygen atoms in total. The Balaban J connectivity index is 1.37. The lowest BCUT2D eigenvalue weighted by molar-refractivity contribution is -0.138. The van der Waals surface area contributed by atoms with Crippen molar-refractivity contribution in [3.8, 4) is 11.1 Å². The zero-order valence-corrected chi connectivity index (χ0v) is 18.0. The number of nitrogens with one attached hydrogen (secondary N) is 1. The van der Waals surface area contributed by atoms with Gasteiger partial charge in [-0.3, -0.25) is 19.1 Å². The third kappa shape index (κ3) is 4.29. The number of fused-ring (bicyclic) bond motifs is 1. The molecule has 2 saturated heterocycles. The molecule has 5 rings (SSSR count). The molecule has 0 aliphatic carbocycles. The molecular formula is C25H24N4O4. The topological polar surface area (TPSA) is 93.5 Å². The Labute approximate surface area is 191 Å². The summed E-state index contributed by atoms with van der Waals surface area (Å²) >= 11 is 0. The summed E-state index contributed by atoms with van der Waals surface area (Å²) in [5.74, 6) is -0.371. The Morgan fingerprint density at radius 1 is 1.12 bits per heavy atom. The number of ketones is 1. The first kappa shape index (κ1) is 21.1. The van der Waals surface area contributed by atoms with Gasteiger partial charge >= 0.3 is 6.03 Å². The molecule has 168 valence electrons. The molecule has 3 atom stereocenters. The van der Waals surface area contributed by atoms with Gasteiger partial charge in [0.1, 0.15) is 18.7 Å². The summed E-state index contributed by atoms with van der Waals surface area (Å²) in [6, 6.07) is 13.4. The lowest BCUT2D eigenvalue weighted by atomic mass is 10.1. The lowest BCUT2D eigenvalue weighted by Gasteiger charge is -2.27. The van der Waals surface area contributed by atoms with Gasteiger partial charge in [0.15, 0.2) is 5.78 Å². The van der Waals surface area contributed by atoms with Gasteiger partial charge in [-0.25, -0.2) is 4.79 Å². The number of pyridine rings is 1. The van der Waals surface area contributed by atoms with E-state index < -0.39 is 18.1 Å². The predicted molar refractivity (Wildman–Crippen MR) is 120 cm³/mol. The fraction of sp³-hybridized carbons (Fsp3) is 0.280. The number of hydrogen-bond acceptors (Lipinski definition) is 5. The van der Waals surface area contributed by atoms with Crippen LogP contribution in [-0.4, -0.2) is 63.5 Å². The van der Waals surface area contributed by atoms with Gasteiger partial charge in [0.05, 0.1) is 6.10 Å². The molecule has 0 radical (unpaired) electrons. The van der Waals surface area contributed by atoms with Crippen molar-refractivity contribution in [3.05, 3.63) is 78.9 Å². The van der Waals surface area contributed by atoms with E-state index in [0.717, 1.165) is 16.7 Å². The first-order valence-electron chi connectivity index (χ1n) is 11.0. The molecule has 8 heteroatoms. The maximum absolute atomic E-state index is 13.5. The average Bonchev–Trinajstić information content (AvgIpc) is 3.58. The molecular weight excluding hydrogens is 420 g/mol. The summed E-state index contributed by atoms with van der Waals surface area (Å²) in [7, 11) is 0. The second kappa shape index (κ2) is 8.99. The molecule has 2 aromatic heterocycles. The number of amides is 2. The van der Waals surface area contributed by atoms with Crippen LogP contribution in [0.1, 0.15) is 12.0 Å². The first-order valence-corrected chi connectivity index (χ1v) is 11.0. The normalized spacial score (nSPS) is 20.5. The Bertz CT molecular complexity index is 1160. The molecule has 0 saturated carbocycles. The van der Waals surface area contributed by atoms with Crippen molar-refractivity contribution < 1.29 is 19.1 Å². The van der Waals surface area contributed by atoms with Gasteiger partial charge in [0.2, 0.25) is 5.91 Å². The first-order chi connectivity index (χ1) is 16.1. The van der Waals surface area contributed by atoms with Crippen LogP contribution in [0.2, 0.25) is 0 Å². The second-order valence-electron chi connectivity index (χ2n) is 8.32. The van der Waals surface area contributed by atoms with Gasteiger partial charge in [-0.15, -0.1) is 0 Å². The van der Waals surface area contributed by atoms with E-state index in [-0.39, 0.29) is 30.8 Å². The molecule has 0 bridgehead atoms. The zero-order valence-electron chi connectivity index (χ0n) is 18.0. The minimum Gasteiger partial charge on any atom is -0.368 e. The minimum absolute atomic E-state index is 0.0321. The quantitative estimate of drug-likeness (QED) is 0.652. The van der Waals surface area contributed by atoms with Gasteiger partial charge in [0, 0.05) is 37.8 Å². The number of nitrogens with zero attached hydrogens (tertiary/aromatic N) is 3. The van der Waals surface area contributed by atoms with Crippen LogP contribution in [0.15, 0.2) is 73.3 Å². The van der Waals surface area contributed by atoms with E-state index >= 15 is 0 Å². The maximum Gasteiger partial charge on any atom is 0.326 e. The van der Waals surface area contributed by atoms with E-state index in [1.807, 2.05) is 42.5 Å². The number of rotatable bonds is 5. The molecule has 1 N–H and O–H groups in total. The summed E-state index contributed by atoms with van der Waals surface area (Å²) in [6.07, 6.45) is 7.37. The standard InChI is InChI=1S/C25H24N4O4/c30-21-16-33-22-9-12-29(23(21)22)24(31)20(13-17-5-4-10-26-14-17)27-25(32)28-11-8-19(15-28)18-6-2-1-3-7-18/h1-8,10-11,14-15,20,22-23H,9,12-13,16H2,(H,27,32). The third-order valence-electron chi connectivity index (χ3n) is 6.19. The van der Waals surface area contributed by atoms with Gasteiger partial charge in [-0.05, 0) is 35.2 Å². The fourth-order valence-corrected chi connectivity index (χ4v) is 4.54. The minimum atomic E-state index is -0.837. The van der Waals surface area contributed by atoms with Gasteiger partial charge in [-0.1, -0.05) is 36.4 Å². The SMILES string of the molecule is O=C1COC2CCN(C(=O)C(Cc3cccnc3)NC(=O)n3ccc(-c4ccccc4)c3)C12. The zero-order chi connectivity index (χ0) is 22.8. The molecule has 1 aromatic carbocycles. The van der Waals surface area contributed by atoms with E-state index in [0.29, 0.717) is 13.0 Å². The van der Waals surface area contributed by atoms with Crippen LogP contribution in [0.4, 0.5) is 4.79 Å². The van der Waals surface area contributed by atoms with Crippen molar-refractivity contribution in [2.24, 2.45) is 0 Å². The number of carbonyl (C=O) groups excluding carboxylic acids is 3. The van der Waals surface area contributed by atoms with E-state index in [2.05, 4.69) is 10.3 Å². The summed E-state index contributed by atoms with van der Waals surface area (Å²) in [5.41, 5.74) is 2.71. The van der Waals surface area contributed by atoms with Crippen LogP contribution in [0, 0.1) is 0 Å². The van der Waals surface area contributed by atoms with Crippen LogP contribution in [0.3, 0.4) is 0 Å². The monoisotopic (exact) mass is 444 g/mol. The van der Waals surface area contributed by atoms with E-state index in [4.69, 9.17) is 4.74 Å². The van der Waals surface area contributed by atoms with Crippen LogP contribution >= 0.6 is 0 Å². The highest BCUT2D eigenvalue weighted by molar-refractivity contribution is 5.95. The second-order valence-corrected chi connectivity index (χ2v) is 8.32. The third-order valence-corrected chi connectivity index (χ3v) is 6.19. The van der Waals surface area contributed by atoms with Crippen LogP contribution in [0.25, 0.3) is 11.1 Å². The van der Waals surface area contributed by atoms with E-state index in [1.54, 1.807) is 35.8 Å². The number of carbonyl (C=O) groups is 3. The average molecular weight is 444 g/mol. The number of likely N-dealkylation sites (tertiary alicyclic amines) is 1. The molecule has 0 spiro atoms. The van der Waals surface area contributed by atoms with Gasteiger partial charge < -0.3 is 15.0 Å². The Hall–Kier alpha value is -3.78. The van der Waals surface area contributed by atoms with Crippen molar-refractivity contribution in [3.63, 3.8) is 0 Å². The molecule has 2 fully saturated rings. The molecule has 4 heterocycles. The smallest absolute Gasteiger partial charge is 0.326 e. The number of Topliss-reactive ketones (excluding diaryl/α,β-unsaturated/α-hetero) is 1. The summed E-state index contributed by atoms with van der Waals surface area (Å²) in [5, 5.41) is 2.87. The van der Waals surface area contributed by atoms with Crippen molar-refractivity contribution in [1.82, 2.24) is 19.8 Å². The van der Waals surface area contributed by atoms with Crippen LogP contribution in [-0.2, 0) is 20.7 Å². The maximum atomic E-state index is 13.5. The number of benzene rings is 1. The van der Waals surface area contributed by atoms with Gasteiger partial charge in [0.25, 0.3) is 0 Å². The molecule has 2 amide bonds. The van der Waals surface area contributed by atoms with E-state index in [1.165, 1.54) is 4.57 Å². The number of aromatic nitrogens is 2. The molecule has 3 unspecified atom stereocenters. The molecule has 33 heavy (non-hydrogen) atoms. The predicted octanol–water partition coefficient (Wildman–Crippen LogP) is 2.29.